The Kier molecular flexibility index (Phi) is 2.35. The number of carboxylic acids is 1. The van der Waals surface area contributed by atoms with Crippen LogP contribution in [0.25, 0.3) is 0 Å². The molecule has 1 aromatic rings. The predicted octanol–water partition coefficient (Wildman–Crippen LogP) is 0.305. The zero-order valence-corrected chi connectivity index (χ0v) is 6.07. The number of rotatable bonds is 2. The molecule has 0 aliphatic carbocycles. The van der Waals surface area contributed by atoms with E-state index < -0.39 is 17.8 Å². The highest BCUT2D eigenvalue weighted by molar-refractivity contribution is 5.74. The summed E-state index contributed by atoms with van der Waals surface area (Å²) in [4.78, 5) is 13.8. The molecule has 5 heteroatoms. The van der Waals surface area contributed by atoms with Gasteiger partial charge in [-0.2, -0.15) is 0 Å². The van der Waals surface area contributed by atoms with Gasteiger partial charge < -0.3 is 10.8 Å². The number of carbonyl (C=O) groups is 1. The third-order valence-corrected chi connectivity index (χ3v) is 1.35. The molecule has 4 nitrogen and oxygen atoms in total. The van der Waals surface area contributed by atoms with Crippen LogP contribution in [0.2, 0.25) is 0 Å². The number of halogens is 1. The molecule has 0 bridgehead atoms. The highest BCUT2D eigenvalue weighted by Crippen LogP contribution is 2.10. The van der Waals surface area contributed by atoms with Crippen LogP contribution in [-0.2, 0) is 4.79 Å². The van der Waals surface area contributed by atoms with Crippen LogP contribution >= 0.6 is 0 Å². The van der Waals surface area contributed by atoms with Crippen molar-refractivity contribution in [3.05, 3.63) is 29.8 Å². The Morgan fingerprint density at radius 3 is 2.92 bits per heavy atom. The molecule has 0 saturated heterocycles. The first-order valence-electron chi connectivity index (χ1n) is 3.21. The van der Waals surface area contributed by atoms with Gasteiger partial charge in [-0.25, -0.2) is 4.39 Å². The third kappa shape index (κ3) is 1.57. The highest BCUT2D eigenvalue weighted by Gasteiger charge is 2.18. The van der Waals surface area contributed by atoms with Crippen molar-refractivity contribution in [3.8, 4) is 0 Å². The topological polar surface area (TPSA) is 76.2 Å². The van der Waals surface area contributed by atoms with Gasteiger partial charge in [0, 0.05) is 6.20 Å². The van der Waals surface area contributed by atoms with Crippen LogP contribution < -0.4 is 5.73 Å². The van der Waals surface area contributed by atoms with E-state index in [1.54, 1.807) is 0 Å². The van der Waals surface area contributed by atoms with Crippen molar-refractivity contribution >= 4 is 5.97 Å². The Labute approximate surface area is 67.8 Å². The second-order valence-electron chi connectivity index (χ2n) is 2.19. The van der Waals surface area contributed by atoms with E-state index in [1.807, 2.05) is 0 Å². The van der Waals surface area contributed by atoms with E-state index >= 15 is 0 Å². The molecule has 0 fully saturated rings. The predicted molar refractivity (Wildman–Crippen MR) is 38.8 cm³/mol. The van der Waals surface area contributed by atoms with E-state index in [-0.39, 0.29) is 5.69 Å². The molecule has 0 unspecified atom stereocenters. The van der Waals surface area contributed by atoms with Crippen LogP contribution in [0.3, 0.4) is 0 Å². The van der Waals surface area contributed by atoms with Gasteiger partial charge in [-0.1, -0.05) is 0 Å². The van der Waals surface area contributed by atoms with Crippen LogP contribution in [0.4, 0.5) is 4.39 Å². The molecule has 1 heterocycles. The van der Waals surface area contributed by atoms with Gasteiger partial charge >= 0.3 is 5.97 Å². The fourth-order valence-corrected chi connectivity index (χ4v) is 0.744. The summed E-state index contributed by atoms with van der Waals surface area (Å²) in [6, 6.07) is 1.09. The van der Waals surface area contributed by atoms with E-state index in [2.05, 4.69) is 4.98 Å². The van der Waals surface area contributed by atoms with Gasteiger partial charge in [0.2, 0.25) is 0 Å². The maximum absolute atomic E-state index is 12.8. The lowest BCUT2D eigenvalue weighted by atomic mass is 10.2. The lowest BCUT2D eigenvalue weighted by molar-refractivity contribution is -0.138. The number of hydrogen-bond acceptors (Lipinski definition) is 3. The number of nitrogens with zero attached hydrogens (tertiary/aromatic N) is 1. The maximum atomic E-state index is 12.8. The fourth-order valence-electron chi connectivity index (χ4n) is 0.744. The molecule has 0 aromatic carbocycles. The molecule has 64 valence electrons. The van der Waals surface area contributed by atoms with Crippen molar-refractivity contribution in [1.82, 2.24) is 4.98 Å². The molecule has 0 saturated carbocycles. The average Bonchev–Trinajstić information content (AvgIpc) is 2.04. The number of carboxylic acid groups (broad SMARTS) is 1. The molecule has 1 aromatic heterocycles. The lowest BCUT2D eigenvalue weighted by Crippen LogP contribution is -2.22. The Morgan fingerprint density at radius 1 is 1.75 bits per heavy atom. The largest absolute Gasteiger partial charge is 0.480 e. The number of aromatic nitrogens is 1. The molecule has 0 aliphatic heterocycles. The Morgan fingerprint density at radius 2 is 2.42 bits per heavy atom. The van der Waals surface area contributed by atoms with Crippen molar-refractivity contribution in [2.24, 2.45) is 5.73 Å². The number of pyridine rings is 1. The molecular formula is C7H7FN2O2. The number of hydrogen-bond donors (Lipinski definition) is 2. The maximum Gasteiger partial charge on any atom is 0.326 e. The van der Waals surface area contributed by atoms with Crippen LogP contribution in [0.15, 0.2) is 18.3 Å². The summed E-state index contributed by atoms with van der Waals surface area (Å²) in [6.07, 6.45) is 1.29. The Hall–Kier alpha value is -1.49. The quantitative estimate of drug-likeness (QED) is 0.669. The van der Waals surface area contributed by atoms with E-state index in [9.17, 15) is 9.18 Å². The van der Waals surface area contributed by atoms with Crippen molar-refractivity contribution in [3.63, 3.8) is 0 Å². The monoisotopic (exact) mass is 170 g/mol. The van der Waals surface area contributed by atoms with Crippen LogP contribution in [-0.4, -0.2) is 16.1 Å². The van der Waals surface area contributed by atoms with Crippen molar-refractivity contribution in [1.29, 1.82) is 0 Å². The standard InChI is InChI=1S/C7H7FN2O2/c8-4-2-1-3-10-6(4)5(9)7(11)12/h1-3,5H,9H2,(H,11,12)/t5-/m1/s1. The third-order valence-electron chi connectivity index (χ3n) is 1.35. The summed E-state index contributed by atoms with van der Waals surface area (Å²) in [6.45, 7) is 0. The smallest absolute Gasteiger partial charge is 0.326 e. The fraction of sp³-hybridized carbons (Fsp3) is 0.143. The Balaban J connectivity index is 3.02. The molecule has 1 rings (SSSR count). The summed E-state index contributed by atoms with van der Waals surface area (Å²) in [5.41, 5.74) is 4.89. The van der Waals surface area contributed by atoms with Gasteiger partial charge in [-0.3, -0.25) is 9.78 Å². The number of aliphatic carboxylic acids is 1. The van der Waals surface area contributed by atoms with E-state index in [0.29, 0.717) is 0 Å². The summed E-state index contributed by atoms with van der Waals surface area (Å²) in [5, 5.41) is 8.43. The first-order chi connectivity index (χ1) is 5.63. The SMILES string of the molecule is N[C@@H](C(=O)O)c1ncccc1F. The van der Waals surface area contributed by atoms with E-state index in [4.69, 9.17) is 10.8 Å². The minimum absolute atomic E-state index is 0.245. The number of nitrogens with two attached hydrogens (primary N) is 1. The molecule has 0 spiro atoms. The van der Waals surface area contributed by atoms with Crippen molar-refractivity contribution in [2.45, 2.75) is 6.04 Å². The van der Waals surface area contributed by atoms with Gasteiger partial charge in [0.1, 0.15) is 17.6 Å². The second kappa shape index (κ2) is 3.27. The van der Waals surface area contributed by atoms with E-state index in [1.165, 1.54) is 12.3 Å². The first kappa shape index (κ1) is 8.61. The molecular weight excluding hydrogens is 163 g/mol. The molecule has 1 atom stereocenters. The van der Waals surface area contributed by atoms with Gasteiger partial charge in [-0.05, 0) is 12.1 Å². The first-order valence-corrected chi connectivity index (χ1v) is 3.21. The normalized spacial score (nSPS) is 12.5. The molecule has 3 N–H and O–H groups in total. The van der Waals surface area contributed by atoms with Crippen molar-refractivity contribution in [2.75, 3.05) is 0 Å². The molecule has 0 radical (unpaired) electrons. The van der Waals surface area contributed by atoms with Gasteiger partial charge in [0.15, 0.2) is 0 Å². The minimum atomic E-state index is -1.40. The van der Waals surface area contributed by atoms with Gasteiger partial charge in [0.05, 0.1) is 0 Å². The highest BCUT2D eigenvalue weighted by atomic mass is 19.1. The summed E-state index contributed by atoms with van der Waals surface area (Å²) in [7, 11) is 0. The summed E-state index contributed by atoms with van der Waals surface area (Å²) in [5.74, 6) is -2.00. The van der Waals surface area contributed by atoms with Crippen LogP contribution in [0, 0.1) is 5.82 Å². The van der Waals surface area contributed by atoms with Crippen LogP contribution in [0.1, 0.15) is 11.7 Å². The van der Waals surface area contributed by atoms with Gasteiger partial charge in [-0.15, -0.1) is 0 Å². The molecule has 12 heavy (non-hydrogen) atoms. The zero-order valence-electron chi connectivity index (χ0n) is 6.07. The summed E-state index contributed by atoms with van der Waals surface area (Å²) >= 11 is 0. The second-order valence-corrected chi connectivity index (χ2v) is 2.19. The molecule has 0 aliphatic rings. The van der Waals surface area contributed by atoms with E-state index in [0.717, 1.165) is 6.07 Å². The minimum Gasteiger partial charge on any atom is -0.480 e. The zero-order chi connectivity index (χ0) is 9.14. The van der Waals surface area contributed by atoms with Gasteiger partial charge in [0.25, 0.3) is 0 Å². The Bertz CT molecular complexity index is 303. The average molecular weight is 170 g/mol. The van der Waals surface area contributed by atoms with Crippen LogP contribution in [0.5, 0.6) is 0 Å². The summed E-state index contributed by atoms with van der Waals surface area (Å²) < 4.78 is 12.8. The molecule has 0 amide bonds. The van der Waals surface area contributed by atoms with Crippen molar-refractivity contribution < 1.29 is 14.3 Å². The lowest BCUT2D eigenvalue weighted by Gasteiger charge is -2.05.